The summed E-state index contributed by atoms with van der Waals surface area (Å²) >= 11 is 3.35. The Morgan fingerprint density at radius 3 is 2.45 bits per heavy atom. The molecule has 29 heavy (non-hydrogen) atoms. The molecular weight excluding hydrogens is 430 g/mol. The van der Waals surface area contributed by atoms with Crippen LogP contribution in [0.2, 0.25) is 0 Å². The zero-order valence-electron chi connectivity index (χ0n) is 16.8. The van der Waals surface area contributed by atoms with Crippen molar-refractivity contribution in [1.82, 2.24) is 24.8 Å². The average molecular weight is 454 g/mol. The molecule has 0 N–H and O–H groups in total. The fourth-order valence-electron chi connectivity index (χ4n) is 3.21. The molecule has 0 radical (unpaired) electrons. The molecule has 2 heterocycles. The van der Waals surface area contributed by atoms with Gasteiger partial charge in [-0.05, 0) is 43.1 Å². The highest BCUT2D eigenvalue weighted by Crippen LogP contribution is 2.23. The summed E-state index contributed by atoms with van der Waals surface area (Å²) in [7, 11) is 0. The van der Waals surface area contributed by atoms with Crippen LogP contribution in [0.4, 0.5) is 0 Å². The van der Waals surface area contributed by atoms with Gasteiger partial charge in [-0.2, -0.15) is 0 Å². The number of halogens is 1. The van der Waals surface area contributed by atoms with Gasteiger partial charge in [-0.1, -0.05) is 30.3 Å². The Morgan fingerprint density at radius 2 is 1.79 bits per heavy atom. The molecule has 1 aromatic carbocycles. The van der Waals surface area contributed by atoms with Crippen LogP contribution < -0.4 is 0 Å². The van der Waals surface area contributed by atoms with Gasteiger partial charge in [0.1, 0.15) is 11.6 Å². The van der Waals surface area contributed by atoms with Gasteiger partial charge in [-0.15, -0.1) is 0 Å². The van der Waals surface area contributed by atoms with E-state index in [0.29, 0.717) is 30.0 Å². The van der Waals surface area contributed by atoms with E-state index in [1.165, 1.54) is 0 Å². The first-order valence-electron chi connectivity index (χ1n) is 9.66. The molecule has 0 saturated carbocycles. The summed E-state index contributed by atoms with van der Waals surface area (Å²) in [6, 6.07) is 9.79. The van der Waals surface area contributed by atoms with Crippen molar-refractivity contribution in [3.63, 3.8) is 0 Å². The Balaban J connectivity index is 1.81. The summed E-state index contributed by atoms with van der Waals surface area (Å²) in [4.78, 5) is 32.7. The van der Waals surface area contributed by atoms with E-state index in [9.17, 15) is 4.79 Å². The maximum atomic E-state index is 13.4. The number of nitrogens with zero attached hydrogens (tertiary/aromatic N) is 5. The minimum Gasteiger partial charge on any atom is -0.336 e. The fourth-order valence-corrected chi connectivity index (χ4v) is 3.42. The Morgan fingerprint density at radius 1 is 1.10 bits per heavy atom. The van der Waals surface area contributed by atoms with Gasteiger partial charge in [-0.3, -0.25) is 4.79 Å². The first-order valence-corrected chi connectivity index (χ1v) is 10.4. The van der Waals surface area contributed by atoms with E-state index in [0.717, 1.165) is 22.3 Å². The Hall–Kier alpha value is -2.67. The van der Waals surface area contributed by atoms with Crippen LogP contribution in [0.1, 0.15) is 42.3 Å². The molecule has 0 saturated heterocycles. The molecule has 0 aliphatic carbocycles. The number of carbonyl (C=O) groups is 1. The topological polar surface area (TPSA) is 71.9 Å². The van der Waals surface area contributed by atoms with E-state index in [4.69, 9.17) is 0 Å². The molecule has 3 aromatic rings. The van der Waals surface area contributed by atoms with Crippen LogP contribution >= 0.6 is 15.9 Å². The van der Waals surface area contributed by atoms with Crippen molar-refractivity contribution in [2.45, 2.75) is 39.7 Å². The zero-order chi connectivity index (χ0) is 20.8. The number of hydrogen-bond acceptors (Lipinski definition) is 5. The number of amides is 1. The van der Waals surface area contributed by atoms with Crippen molar-refractivity contribution < 1.29 is 4.79 Å². The zero-order valence-corrected chi connectivity index (χ0v) is 18.4. The molecule has 1 amide bonds. The average Bonchev–Trinajstić information content (AvgIpc) is 2.74. The molecule has 1 atom stereocenters. The third kappa shape index (κ3) is 5.23. The van der Waals surface area contributed by atoms with E-state index < -0.39 is 0 Å². The molecule has 3 rings (SSSR count). The number of aromatic nitrogens is 4. The summed E-state index contributed by atoms with van der Waals surface area (Å²) in [6.07, 6.45) is 6.60. The molecule has 0 spiro atoms. The highest BCUT2D eigenvalue weighted by Gasteiger charge is 2.24. The van der Waals surface area contributed by atoms with Crippen LogP contribution in [0.25, 0.3) is 11.3 Å². The number of benzene rings is 1. The number of carbonyl (C=O) groups excluding carboxylic acids is 1. The van der Waals surface area contributed by atoms with Crippen LogP contribution in [-0.4, -0.2) is 43.3 Å². The second kappa shape index (κ2) is 9.69. The largest absolute Gasteiger partial charge is 0.336 e. The lowest BCUT2D eigenvalue weighted by Crippen LogP contribution is -2.39. The lowest BCUT2D eigenvalue weighted by Gasteiger charge is -2.28. The normalized spacial score (nSPS) is 11.9. The Bertz CT molecular complexity index is 963. The molecule has 0 unspecified atom stereocenters. The summed E-state index contributed by atoms with van der Waals surface area (Å²) < 4.78 is 0.854. The molecule has 0 aliphatic heterocycles. The van der Waals surface area contributed by atoms with E-state index in [-0.39, 0.29) is 11.9 Å². The maximum absolute atomic E-state index is 13.4. The van der Waals surface area contributed by atoms with Gasteiger partial charge in [0.15, 0.2) is 0 Å². The second-order valence-electron chi connectivity index (χ2n) is 6.84. The number of hydrogen-bond donors (Lipinski definition) is 0. The Labute approximate surface area is 179 Å². The third-order valence-electron chi connectivity index (χ3n) is 4.78. The number of aryl methyl sites for hydroxylation is 2. The standard InChI is InChI=1S/C22H24BrN5O/c1-4-28(15(2)10-11-20-25-12-18(23)13-26-20)22(29)19-14-24-16(3)27-21(19)17-8-6-5-7-9-17/h5-9,12-15H,4,10-11H2,1-3H3/t15-/m0/s1. The maximum Gasteiger partial charge on any atom is 0.257 e. The van der Waals surface area contributed by atoms with Crippen LogP contribution in [0.5, 0.6) is 0 Å². The van der Waals surface area contributed by atoms with Crippen molar-refractivity contribution >= 4 is 21.8 Å². The van der Waals surface area contributed by atoms with Crippen LogP contribution in [0.15, 0.2) is 53.4 Å². The van der Waals surface area contributed by atoms with Gasteiger partial charge in [0.25, 0.3) is 5.91 Å². The minimum atomic E-state index is -0.0597. The monoisotopic (exact) mass is 453 g/mol. The van der Waals surface area contributed by atoms with Gasteiger partial charge < -0.3 is 4.90 Å². The van der Waals surface area contributed by atoms with Crippen LogP contribution in [0, 0.1) is 6.92 Å². The predicted octanol–water partition coefficient (Wildman–Crippen LogP) is 4.49. The molecule has 150 valence electrons. The van der Waals surface area contributed by atoms with Crippen molar-refractivity contribution in [3.05, 3.63) is 70.6 Å². The van der Waals surface area contributed by atoms with Crippen molar-refractivity contribution in [2.75, 3.05) is 6.54 Å². The molecular formula is C22H24BrN5O. The Kier molecular flexibility index (Phi) is 7.04. The molecule has 0 bridgehead atoms. The fraction of sp³-hybridized carbons (Fsp3) is 0.318. The van der Waals surface area contributed by atoms with E-state index >= 15 is 0 Å². The second-order valence-corrected chi connectivity index (χ2v) is 7.76. The molecule has 7 heteroatoms. The summed E-state index contributed by atoms with van der Waals surface area (Å²) in [5.74, 6) is 1.35. The highest BCUT2D eigenvalue weighted by molar-refractivity contribution is 9.10. The number of rotatable bonds is 7. The molecule has 2 aromatic heterocycles. The SMILES string of the molecule is CCN(C(=O)c1cnc(C)nc1-c1ccccc1)[C@@H](C)CCc1ncc(Br)cn1. The van der Waals surface area contributed by atoms with Crippen LogP contribution in [0.3, 0.4) is 0 Å². The van der Waals surface area contributed by atoms with Gasteiger partial charge in [0, 0.05) is 43.2 Å². The van der Waals surface area contributed by atoms with Crippen molar-refractivity contribution in [1.29, 1.82) is 0 Å². The third-order valence-corrected chi connectivity index (χ3v) is 5.19. The lowest BCUT2D eigenvalue weighted by atomic mass is 10.0. The quantitative estimate of drug-likeness (QED) is 0.526. The van der Waals surface area contributed by atoms with Crippen molar-refractivity contribution in [3.8, 4) is 11.3 Å². The van der Waals surface area contributed by atoms with E-state index in [1.54, 1.807) is 18.6 Å². The molecule has 0 aliphatic rings. The van der Waals surface area contributed by atoms with E-state index in [1.807, 2.05) is 49.1 Å². The summed E-state index contributed by atoms with van der Waals surface area (Å²) in [6.45, 7) is 6.47. The van der Waals surface area contributed by atoms with E-state index in [2.05, 4.69) is 42.8 Å². The molecule has 6 nitrogen and oxygen atoms in total. The van der Waals surface area contributed by atoms with Gasteiger partial charge >= 0.3 is 0 Å². The smallest absolute Gasteiger partial charge is 0.257 e. The van der Waals surface area contributed by atoms with Gasteiger partial charge in [-0.25, -0.2) is 19.9 Å². The van der Waals surface area contributed by atoms with Crippen molar-refractivity contribution in [2.24, 2.45) is 0 Å². The van der Waals surface area contributed by atoms with Gasteiger partial charge in [0.05, 0.1) is 15.7 Å². The predicted molar refractivity (Wildman–Crippen MR) is 116 cm³/mol. The first-order chi connectivity index (χ1) is 14.0. The summed E-state index contributed by atoms with van der Waals surface area (Å²) in [5.41, 5.74) is 2.11. The summed E-state index contributed by atoms with van der Waals surface area (Å²) in [5, 5.41) is 0. The first kappa shape index (κ1) is 21.0. The van der Waals surface area contributed by atoms with Crippen LogP contribution in [-0.2, 0) is 6.42 Å². The highest BCUT2D eigenvalue weighted by atomic mass is 79.9. The minimum absolute atomic E-state index is 0.0321. The molecule has 0 fully saturated rings. The van der Waals surface area contributed by atoms with Gasteiger partial charge in [0.2, 0.25) is 0 Å². The lowest BCUT2D eigenvalue weighted by molar-refractivity contribution is 0.0695.